The molecule has 2 rings (SSSR count). The minimum absolute atomic E-state index is 0.266. The minimum atomic E-state index is -0.388. The predicted molar refractivity (Wildman–Crippen MR) is 91.0 cm³/mol. The number of esters is 1. The zero-order chi connectivity index (χ0) is 16.7. The third kappa shape index (κ3) is 5.11. The normalized spacial score (nSPS) is 10.2. The van der Waals surface area contributed by atoms with E-state index in [1.807, 2.05) is 6.92 Å². The molecule has 0 saturated carbocycles. The zero-order valence-corrected chi connectivity index (χ0v) is 13.6. The van der Waals surface area contributed by atoms with E-state index in [9.17, 15) is 9.59 Å². The number of nitrogens with one attached hydrogen (secondary N) is 1. The summed E-state index contributed by atoms with van der Waals surface area (Å²) in [5.74, 6) is -0.654. The largest absolute Gasteiger partial charge is 0.462 e. The number of rotatable bonds is 6. The Hall–Kier alpha value is -2.33. The highest BCUT2D eigenvalue weighted by atomic mass is 35.5. The van der Waals surface area contributed by atoms with Gasteiger partial charge < -0.3 is 10.1 Å². The Kier molecular flexibility index (Phi) is 6.18. The lowest BCUT2D eigenvalue weighted by molar-refractivity contribution is 0.0499. The van der Waals surface area contributed by atoms with Crippen LogP contribution in [0.3, 0.4) is 0 Å². The maximum Gasteiger partial charge on any atom is 0.338 e. The number of anilines is 1. The van der Waals surface area contributed by atoms with Gasteiger partial charge in [0.15, 0.2) is 0 Å². The van der Waals surface area contributed by atoms with Gasteiger partial charge in [0.25, 0.3) is 5.91 Å². The van der Waals surface area contributed by atoms with Crippen LogP contribution in [-0.2, 0) is 4.74 Å². The van der Waals surface area contributed by atoms with Crippen molar-refractivity contribution in [3.05, 3.63) is 64.7 Å². The van der Waals surface area contributed by atoms with E-state index in [-0.39, 0.29) is 11.9 Å². The Balaban J connectivity index is 2.03. The van der Waals surface area contributed by atoms with Gasteiger partial charge in [-0.05, 0) is 48.9 Å². The molecule has 4 nitrogen and oxygen atoms in total. The van der Waals surface area contributed by atoms with E-state index in [2.05, 4.69) is 5.32 Å². The van der Waals surface area contributed by atoms with E-state index in [0.717, 1.165) is 12.8 Å². The average molecular weight is 332 g/mol. The van der Waals surface area contributed by atoms with Crippen LogP contribution in [0.25, 0.3) is 0 Å². The highest BCUT2D eigenvalue weighted by Crippen LogP contribution is 2.15. The van der Waals surface area contributed by atoms with Crippen LogP contribution >= 0.6 is 11.6 Å². The number of ether oxygens (including phenoxy) is 1. The standard InChI is InChI=1S/C18H18ClNO3/c1-2-3-11-23-18(22)14-5-4-6-16(12-14)20-17(21)13-7-9-15(19)10-8-13/h4-10,12H,2-3,11H2,1H3,(H,20,21). The van der Waals surface area contributed by atoms with Crippen LogP contribution in [0.15, 0.2) is 48.5 Å². The summed E-state index contributed by atoms with van der Waals surface area (Å²) < 4.78 is 5.16. The molecule has 0 fully saturated rings. The van der Waals surface area contributed by atoms with E-state index >= 15 is 0 Å². The fourth-order valence-corrected chi connectivity index (χ4v) is 2.05. The van der Waals surface area contributed by atoms with Crippen molar-refractivity contribution in [2.45, 2.75) is 19.8 Å². The van der Waals surface area contributed by atoms with Gasteiger partial charge in [-0.15, -0.1) is 0 Å². The van der Waals surface area contributed by atoms with Crippen LogP contribution in [-0.4, -0.2) is 18.5 Å². The Labute approximate surface area is 140 Å². The van der Waals surface area contributed by atoms with E-state index in [1.165, 1.54) is 0 Å². The van der Waals surface area contributed by atoms with Crippen LogP contribution in [0.5, 0.6) is 0 Å². The van der Waals surface area contributed by atoms with E-state index in [4.69, 9.17) is 16.3 Å². The van der Waals surface area contributed by atoms with Gasteiger partial charge in [-0.2, -0.15) is 0 Å². The maximum absolute atomic E-state index is 12.1. The molecular formula is C18H18ClNO3. The second-order valence-corrected chi connectivity index (χ2v) is 5.47. The first-order chi connectivity index (χ1) is 11.1. The Morgan fingerprint density at radius 1 is 1.09 bits per heavy atom. The van der Waals surface area contributed by atoms with Crippen molar-refractivity contribution in [3.8, 4) is 0 Å². The molecule has 1 amide bonds. The smallest absolute Gasteiger partial charge is 0.338 e. The van der Waals surface area contributed by atoms with Gasteiger partial charge in [0.05, 0.1) is 12.2 Å². The first kappa shape index (κ1) is 17.0. The van der Waals surface area contributed by atoms with Crippen molar-refractivity contribution < 1.29 is 14.3 Å². The lowest BCUT2D eigenvalue weighted by Crippen LogP contribution is -2.12. The van der Waals surface area contributed by atoms with Crippen molar-refractivity contribution >= 4 is 29.2 Å². The lowest BCUT2D eigenvalue weighted by Gasteiger charge is -2.08. The summed E-state index contributed by atoms with van der Waals surface area (Å²) in [5.41, 5.74) is 1.44. The number of halogens is 1. The molecule has 0 atom stereocenters. The summed E-state index contributed by atoms with van der Waals surface area (Å²) in [6, 6.07) is 13.3. The number of carbonyl (C=O) groups excluding carboxylic acids is 2. The van der Waals surface area contributed by atoms with Crippen molar-refractivity contribution in [2.24, 2.45) is 0 Å². The fraction of sp³-hybridized carbons (Fsp3) is 0.222. The molecule has 1 N–H and O–H groups in total. The van der Waals surface area contributed by atoms with Crippen molar-refractivity contribution in [3.63, 3.8) is 0 Å². The van der Waals surface area contributed by atoms with Gasteiger partial charge in [-0.25, -0.2) is 4.79 Å². The second kappa shape index (κ2) is 8.34. The van der Waals surface area contributed by atoms with Gasteiger partial charge in [0.1, 0.15) is 0 Å². The molecule has 0 aliphatic rings. The Morgan fingerprint density at radius 2 is 1.83 bits per heavy atom. The first-order valence-corrected chi connectivity index (χ1v) is 7.82. The van der Waals surface area contributed by atoms with E-state index in [0.29, 0.717) is 28.4 Å². The van der Waals surface area contributed by atoms with Crippen LogP contribution in [0.4, 0.5) is 5.69 Å². The summed E-state index contributed by atoms with van der Waals surface area (Å²) in [6.45, 7) is 2.43. The molecule has 2 aromatic carbocycles. The van der Waals surface area contributed by atoms with Gasteiger partial charge >= 0.3 is 5.97 Å². The Morgan fingerprint density at radius 3 is 2.52 bits per heavy atom. The zero-order valence-electron chi connectivity index (χ0n) is 12.8. The van der Waals surface area contributed by atoms with E-state index in [1.54, 1.807) is 48.5 Å². The molecule has 0 radical (unpaired) electrons. The van der Waals surface area contributed by atoms with Gasteiger partial charge in [-0.1, -0.05) is 31.0 Å². The van der Waals surface area contributed by atoms with Crippen LogP contribution in [0.2, 0.25) is 5.02 Å². The summed E-state index contributed by atoms with van der Waals surface area (Å²) in [5, 5.41) is 3.32. The summed E-state index contributed by atoms with van der Waals surface area (Å²) >= 11 is 5.80. The van der Waals surface area contributed by atoms with Crippen LogP contribution in [0, 0.1) is 0 Å². The number of unbranched alkanes of at least 4 members (excludes halogenated alkanes) is 1. The SMILES string of the molecule is CCCCOC(=O)c1cccc(NC(=O)c2ccc(Cl)cc2)c1. The monoisotopic (exact) mass is 331 g/mol. The predicted octanol–water partition coefficient (Wildman–Crippen LogP) is 4.55. The fourth-order valence-electron chi connectivity index (χ4n) is 1.92. The maximum atomic E-state index is 12.1. The minimum Gasteiger partial charge on any atom is -0.462 e. The first-order valence-electron chi connectivity index (χ1n) is 7.44. The van der Waals surface area contributed by atoms with Crippen molar-refractivity contribution in [2.75, 3.05) is 11.9 Å². The van der Waals surface area contributed by atoms with Gasteiger partial charge in [-0.3, -0.25) is 4.79 Å². The highest BCUT2D eigenvalue weighted by Gasteiger charge is 2.10. The summed E-state index contributed by atoms with van der Waals surface area (Å²) in [7, 11) is 0. The molecule has 120 valence electrons. The third-order valence-corrected chi connectivity index (χ3v) is 3.45. The Bertz CT molecular complexity index is 683. The number of hydrogen-bond donors (Lipinski definition) is 1. The third-order valence-electron chi connectivity index (χ3n) is 3.19. The molecular weight excluding hydrogens is 314 g/mol. The quantitative estimate of drug-likeness (QED) is 0.624. The number of carbonyl (C=O) groups is 2. The number of benzene rings is 2. The number of hydrogen-bond acceptors (Lipinski definition) is 3. The molecule has 0 unspecified atom stereocenters. The molecule has 23 heavy (non-hydrogen) atoms. The van der Waals surface area contributed by atoms with Crippen molar-refractivity contribution in [1.29, 1.82) is 0 Å². The molecule has 0 aliphatic carbocycles. The lowest BCUT2D eigenvalue weighted by atomic mass is 10.1. The molecule has 5 heteroatoms. The molecule has 0 saturated heterocycles. The van der Waals surface area contributed by atoms with Gasteiger partial charge in [0.2, 0.25) is 0 Å². The van der Waals surface area contributed by atoms with Gasteiger partial charge in [0, 0.05) is 16.3 Å². The highest BCUT2D eigenvalue weighted by molar-refractivity contribution is 6.30. The number of amides is 1. The molecule has 0 spiro atoms. The molecule has 2 aromatic rings. The molecule has 0 heterocycles. The van der Waals surface area contributed by atoms with Crippen LogP contribution < -0.4 is 5.32 Å². The van der Waals surface area contributed by atoms with Crippen LogP contribution in [0.1, 0.15) is 40.5 Å². The summed E-state index contributed by atoms with van der Waals surface area (Å²) in [4.78, 5) is 24.1. The topological polar surface area (TPSA) is 55.4 Å². The molecule has 0 aromatic heterocycles. The van der Waals surface area contributed by atoms with Crippen molar-refractivity contribution in [1.82, 2.24) is 0 Å². The molecule has 0 aliphatic heterocycles. The average Bonchev–Trinajstić information content (AvgIpc) is 2.56. The summed E-state index contributed by atoms with van der Waals surface area (Å²) in [6.07, 6.45) is 1.79. The molecule has 0 bridgehead atoms. The second-order valence-electron chi connectivity index (χ2n) is 5.03. The van der Waals surface area contributed by atoms with E-state index < -0.39 is 0 Å².